The summed E-state index contributed by atoms with van der Waals surface area (Å²) in [5.74, 6) is -0.0885. The van der Waals surface area contributed by atoms with E-state index in [0.717, 1.165) is 0 Å². The molecular weight excluding hydrogens is 284 g/mol. The lowest BCUT2D eigenvalue weighted by Gasteiger charge is -2.25. The molecular formula is C17H19ClN2O. The van der Waals surface area contributed by atoms with Crippen LogP contribution in [0.2, 0.25) is 5.02 Å². The Balaban J connectivity index is 2.02. The van der Waals surface area contributed by atoms with Crippen molar-refractivity contribution in [1.82, 2.24) is 10.2 Å². The lowest BCUT2D eigenvalue weighted by atomic mass is 10.1. The molecule has 0 spiro atoms. The molecule has 0 aliphatic rings. The lowest BCUT2D eigenvalue weighted by Crippen LogP contribution is -2.34. The maximum absolute atomic E-state index is 12.1. The second kappa shape index (κ2) is 7.25. The fourth-order valence-electron chi connectivity index (χ4n) is 2.17. The van der Waals surface area contributed by atoms with Crippen LogP contribution < -0.4 is 5.32 Å². The molecule has 1 amide bonds. The Morgan fingerprint density at radius 2 is 1.71 bits per heavy atom. The summed E-state index contributed by atoms with van der Waals surface area (Å²) in [6.45, 7) is 0.554. The largest absolute Gasteiger partial charge is 0.350 e. The topological polar surface area (TPSA) is 32.3 Å². The Bertz CT molecular complexity index is 581. The molecule has 0 saturated heterocycles. The van der Waals surface area contributed by atoms with Crippen LogP contribution >= 0.6 is 11.6 Å². The van der Waals surface area contributed by atoms with Crippen LogP contribution in [0.25, 0.3) is 0 Å². The molecule has 0 heterocycles. The normalized spacial score (nSPS) is 12.2. The van der Waals surface area contributed by atoms with Gasteiger partial charge >= 0.3 is 0 Å². The first-order chi connectivity index (χ1) is 10.1. The van der Waals surface area contributed by atoms with Gasteiger partial charge in [-0.25, -0.2) is 0 Å². The van der Waals surface area contributed by atoms with Crippen LogP contribution in [-0.2, 0) is 0 Å². The number of carbonyl (C=O) groups excluding carboxylic acids is 1. The maximum Gasteiger partial charge on any atom is 0.251 e. The Morgan fingerprint density at radius 1 is 1.10 bits per heavy atom. The highest BCUT2D eigenvalue weighted by Crippen LogP contribution is 2.17. The van der Waals surface area contributed by atoms with E-state index in [9.17, 15) is 4.79 Å². The Labute approximate surface area is 130 Å². The van der Waals surface area contributed by atoms with E-state index in [1.807, 2.05) is 32.3 Å². The summed E-state index contributed by atoms with van der Waals surface area (Å²) in [4.78, 5) is 14.2. The third kappa shape index (κ3) is 4.31. The van der Waals surface area contributed by atoms with Crippen molar-refractivity contribution in [3.8, 4) is 0 Å². The molecule has 0 saturated carbocycles. The maximum atomic E-state index is 12.1. The van der Waals surface area contributed by atoms with Crippen molar-refractivity contribution >= 4 is 17.5 Å². The molecule has 0 aliphatic carbocycles. The second-order valence-corrected chi connectivity index (χ2v) is 5.54. The third-order valence-electron chi connectivity index (χ3n) is 3.37. The van der Waals surface area contributed by atoms with E-state index in [1.54, 1.807) is 24.3 Å². The number of likely N-dealkylation sites (N-methyl/N-ethyl adjacent to an activating group) is 1. The molecule has 110 valence electrons. The predicted molar refractivity (Wildman–Crippen MR) is 86.7 cm³/mol. The van der Waals surface area contributed by atoms with Crippen molar-refractivity contribution < 1.29 is 4.79 Å². The van der Waals surface area contributed by atoms with Crippen LogP contribution in [0.5, 0.6) is 0 Å². The number of rotatable bonds is 5. The van der Waals surface area contributed by atoms with Gasteiger partial charge in [-0.05, 0) is 43.9 Å². The second-order valence-electron chi connectivity index (χ2n) is 5.11. The highest BCUT2D eigenvalue weighted by atomic mass is 35.5. The number of hydrogen-bond donors (Lipinski definition) is 1. The lowest BCUT2D eigenvalue weighted by molar-refractivity contribution is 0.0942. The smallest absolute Gasteiger partial charge is 0.251 e. The van der Waals surface area contributed by atoms with Crippen molar-refractivity contribution in [3.05, 3.63) is 70.7 Å². The summed E-state index contributed by atoms with van der Waals surface area (Å²) >= 11 is 5.83. The minimum Gasteiger partial charge on any atom is -0.350 e. The molecule has 0 aromatic heterocycles. The number of nitrogens with one attached hydrogen (secondary N) is 1. The summed E-state index contributed by atoms with van der Waals surface area (Å²) in [6.07, 6.45) is 0. The number of nitrogens with zero attached hydrogens (tertiary/aromatic N) is 1. The summed E-state index contributed by atoms with van der Waals surface area (Å²) in [5.41, 5.74) is 1.80. The molecule has 2 aromatic rings. The molecule has 1 unspecified atom stereocenters. The van der Waals surface area contributed by atoms with Gasteiger partial charge in [-0.2, -0.15) is 0 Å². The van der Waals surface area contributed by atoms with E-state index < -0.39 is 0 Å². The molecule has 1 N–H and O–H groups in total. The molecule has 0 bridgehead atoms. The van der Waals surface area contributed by atoms with Gasteiger partial charge in [0.2, 0.25) is 0 Å². The molecule has 4 heteroatoms. The summed E-state index contributed by atoms with van der Waals surface area (Å²) in [6, 6.07) is 17.2. The molecule has 3 nitrogen and oxygen atoms in total. The first-order valence-corrected chi connectivity index (χ1v) is 7.21. The van der Waals surface area contributed by atoms with Gasteiger partial charge in [0.1, 0.15) is 0 Å². The quantitative estimate of drug-likeness (QED) is 0.918. The van der Waals surface area contributed by atoms with Gasteiger partial charge in [0.15, 0.2) is 0 Å². The van der Waals surface area contributed by atoms with Crippen LogP contribution in [0.1, 0.15) is 22.0 Å². The van der Waals surface area contributed by atoms with Gasteiger partial charge in [0.05, 0.1) is 6.04 Å². The van der Waals surface area contributed by atoms with E-state index in [1.165, 1.54) is 5.56 Å². The van der Waals surface area contributed by atoms with E-state index in [2.05, 4.69) is 22.3 Å². The fourth-order valence-corrected chi connectivity index (χ4v) is 2.29. The summed E-state index contributed by atoms with van der Waals surface area (Å²) in [7, 11) is 4.01. The van der Waals surface area contributed by atoms with Crippen molar-refractivity contribution in [3.63, 3.8) is 0 Å². The van der Waals surface area contributed by atoms with E-state index in [-0.39, 0.29) is 11.9 Å². The highest BCUT2D eigenvalue weighted by molar-refractivity contribution is 6.30. The molecule has 2 rings (SSSR count). The minimum absolute atomic E-state index is 0.0885. The van der Waals surface area contributed by atoms with Crippen molar-refractivity contribution in [2.45, 2.75) is 6.04 Å². The van der Waals surface area contributed by atoms with E-state index in [0.29, 0.717) is 17.1 Å². The van der Waals surface area contributed by atoms with Crippen LogP contribution in [-0.4, -0.2) is 31.4 Å². The predicted octanol–water partition coefficient (Wildman–Crippen LogP) is 3.37. The number of carbonyl (C=O) groups is 1. The van der Waals surface area contributed by atoms with Gasteiger partial charge in [0.25, 0.3) is 5.91 Å². The third-order valence-corrected chi connectivity index (χ3v) is 3.62. The number of hydrogen-bond acceptors (Lipinski definition) is 2. The first kappa shape index (κ1) is 15.5. The van der Waals surface area contributed by atoms with Crippen molar-refractivity contribution in [2.24, 2.45) is 0 Å². The zero-order chi connectivity index (χ0) is 15.2. The highest BCUT2D eigenvalue weighted by Gasteiger charge is 2.15. The number of benzene rings is 2. The zero-order valence-electron chi connectivity index (χ0n) is 12.2. The number of amides is 1. The van der Waals surface area contributed by atoms with Gasteiger partial charge < -0.3 is 10.2 Å². The molecule has 1 atom stereocenters. The number of halogens is 1. The molecule has 0 fully saturated rings. The molecule has 0 radical (unpaired) electrons. The van der Waals surface area contributed by atoms with Crippen LogP contribution in [0.3, 0.4) is 0 Å². The SMILES string of the molecule is CN(C)C(CNC(=O)c1ccc(Cl)cc1)c1ccccc1. The molecule has 0 aliphatic heterocycles. The molecule has 2 aromatic carbocycles. The van der Waals surface area contributed by atoms with Gasteiger partial charge in [-0.3, -0.25) is 4.79 Å². The Kier molecular flexibility index (Phi) is 5.37. The summed E-state index contributed by atoms with van der Waals surface area (Å²) < 4.78 is 0. The minimum atomic E-state index is -0.0885. The zero-order valence-corrected chi connectivity index (χ0v) is 13.0. The Morgan fingerprint density at radius 3 is 2.29 bits per heavy atom. The Hall–Kier alpha value is -1.84. The monoisotopic (exact) mass is 302 g/mol. The average molecular weight is 303 g/mol. The van der Waals surface area contributed by atoms with Gasteiger partial charge in [-0.15, -0.1) is 0 Å². The van der Waals surface area contributed by atoms with E-state index >= 15 is 0 Å². The van der Waals surface area contributed by atoms with Crippen molar-refractivity contribution in [2.75, 3.05) is 20.6 Å². The standard InChI is InChI=1S/C17H19ClN2O/c1-20(2)16(13-6-4-3-5-7-13)12-19-17(21)14-8-10-15(18)11-9-14/h3-11,16H,12H2,1-2H3,(H,19,21). The molecule has 21 heavy (non-hydrogen) atoms. The van der Waals surface area contributed by atoms with Crippen LogP contribution in [0.15, 0.2) is 54.6 Å². The van der Waals surface area contributed by atoms with Gasteiger partial charge in [-0.1, -0.05) is 41.9 Å². The van der Waals surface area contributed by atoms with Crippen LogP contribution in [0, 0.1) is 0 Å². The fraction of sp³-hybridized carbons (Fsp3) is 0.235. The van der Waals surface area contributed by atoms with Gasteiger partial charge in [0, 0.05) is 17.1 Å². The van der Waals surface area contributed by atoms with E-state index in [4.69, 9.17) is 11.6 Å². The van der Waals surface area contributed by atoms with Crippen LogP contribution in [0.4, 0.5) is 0 Å². The average Bonchev–Trinajstić information content (AvgIpc) is 2.48. The van der Waals surface area contributed by atoms with Crippen molar-refractivity contribution in [1.29, 1.82) is 0 Å². The summed E-state index contributed by atoms with van der Waals surface area (Å²) in [5, 5.41) is 3.60. The first-order valence-electron chi connectivity index (χ1n) is 6.83.